The van der Waals surface area contributed by atoms with Gasteiger partial charge in [-0.05, 0) is 42.1 Å². The van der Waals surface area contributed by atoms with Gasteiger partial charge in [0.1, 0.15) is 0 Å². The molecule has 2 spiro atoms. The van der Waals surface area contributed by atoms with Crippen molar-refractivity contribution in [3.8, 4) is 0 Å². The van der Waals surface area contributed by atoms with Crippen LogP contribution in [0.1, 0.15) is 34.1 Å². The van der Waals surface area contributed by atoms with Gasteiger partial charge in [-0.1, -0.05) is 42.8 Å². The van der Waals surface area contributed by atoms with Crippen LogP contribution in [0.15, 0.2) is 11.6 Å². The number of ketones is 2. The standard InChI is InChI=1S/C20H23BrO6/c1-7-6-19-8(2)5-9-11(18(9,3)4)10(14(19)23)12(21)13(22)15(24)20(19)16(7)26-17(25)27-20/h6,8-12,15-16,24H,5H2,1-4H3/t8-,9-,10-,11-,12-,15-,16+,19-,20+/m1/s1. The number of hydrogen-bond donors (Lipinski definition) is 1. The molecular weight excluding hydrogens is 416 g/mol. The highest BCUT2D eigenvalue weighted by molar-refractivity contribution is 9.10. The minimum Gasteiger partial charge on any atom is -0.422 e. The molecule has 1 saturated heterocycles. The second-order valence-corrected chi connectivity index (χ2v) is 10.6. The summed E-state index contributed by atoms with van der Waals surface area (Å²) in [5.74, 6) is -0.991. The lowest BCUT2D eigenvalue weighted by molar-refractivity contribution is -0.168. The van der Waals surface area contributed by atoms with Crippen LogP contribution in [0.4, 0.5) is 4.79 Å². The Balaban J connectivity index is 1.81. The van der Waals surface area contributed by atoms with E-state index in [-0.39, 0.29) is 23.0 Å². The summed E-state index contributed by atoms with van der Waals surface area (Å²) in [5, 5.41) is 11.2. The molecule has 1 aliphatic heterocycles. The highest BCUT2D eigenvalue weighted by Gasteiger charge is 2.82. The Hall–Kier alpha value is -1.21. The summed E-state index contributed by atoms with van der Waals surface area (Å²) < 4.78 is 11.0. The number of hydrogen-bond acceptors (Lipinski definition) is 6. The number of Topliss-reactive ketones (excluding diaryl/α,β-unsaturated/α-hetero) is 2. The lowest BCUT2D eigenvalue weighted by atomic mass is 9.59. The Labute approximate surface area is 165 Å². The first-order valence-corrected chi connectivity index (χ1v) is 10.4. The molecule has 0 radical (unpaired) electrons. The molecule has 3 saturated carbocycles. The molecule has 6 nitrogen and oxygen atoms in total. The van der Waals surface area contributed by atoms with Crippen molar-refractivity contribution in [1.82, 2.24) is 0 Å². The summed E-state index contributed by atoms with van der Waals surface area (Å²) in [6, 6.07) is 0. The topological polar surface area (TPSA) is 89.9 Å². The van der Waals surface area contributed by atoms with Crippen molar-refractivity contribution in [3.05, 3.63) is 11.6 Å². The zero-order chi connectivity index (χ0) is 19.7. The lowest BCUT2D eigenvalue weighted by Crippen LogP contribution is -2.64. The molecule has 0 unspecified atom stereocenters. The van der Waals surface area contributed by atoms with Crippen molar-refractivity contribution in [3.63, 3.8) is 0 Å². The second kappa shape index (κ2) is 4.85. The average Bonchev–Trinajstić information content (AvgIpc) is 2.90. The first-order valence-electron chi connectivity index (χ1n) is 9.51. The average molecular weight is 439 g/mol. The summed E-state index contributed by atoms with van der Waals surface area (Å²) >= 11 is 3.44. The third kappa shape index (κ3) is 1.67. The Bertz CT molecular complexity index is 832. The second-order valence-electron chi connectivity index (χ2n) is 9.59. The number of aliphatic hydroxyl groups excluding tert-OH is 1. The van der Waals surface area contributed by atoms with Gasteiger partial charge in [0.2, 0.25) is 5.60 Å². The molecule has 0 aromatic rings. The highest BCUT2D eigenvalue weighted by Crippen LogP contribution is 2.73. The molecule has 0 aromatic heterocycles. The van der Waals surface area contributed by atoms with E-state index in [1.807, 2.05) is 13.0 Å². The van der Waals surface area contributed by atoms with Gasteiger partial charge < -0.3 is 14.6 Å². The number of halogens is 1. The highest BCUT2D eigenvalue weighted by atomic mass is 79.9. The van der Waals surface area contributed by atoms with Gasteiger partial charge in [0.05, 0.1) is 10.2 Å². The number of ether oxygens (including phenoxy) is 2. The largest absolute Gasteiger partial charge is 0.509 e. The summed E-state index contributed by atoms with van der Waals surface area (Å²) in [5.41, 5.74) is -2.33. The smallest absolute Gasteiger partial charge is 0.422 e. The molecule has 1 heterocycles. The van der Waals surface area contributed by atoms with Crippen LogP contribution in [-0.4, -0.2) is 45.5 Å². The van der Waals surface area contributed by atoms with E-state index in [1.165, 1.54) is 0 Å². The molecule has 1 N–H and O–H groups in total. The molecule has 4 fully saturated rings. The minimum absolute atomic E-state index is 0.0371. The summed E-state index contributed by atoms with van der Waals surface area (Å²) in [4.78, 5) is 38.6. The molecule has 0 amide bonds. The van der Waals surface area contributed by atoms with E-state index in [1.54, 1.807) is 6.92 Å². The number of carbonyl (C=O) groups excluding carboxylic acids is 3. The summed E-state index contributed by atoms with van der Waals surface area (Å²) in [6.45, 7) is 8.01. The summed E-state index contributed by atoms with van der Waals surface area (Å²) in [7, 11) is 0. The third-order valence-electron chi connectivity index (χ3n) is 8.26. The van der Waals surface area contributed by atoms with Crippen molar-refractivity contribution in [2.75, 3.05) is 0 Å². The van der Waals surface area contributed by atoms with Gasteiger partial charge >= 0.3 is 6.16 Å². The molecule has 7 heteroatoms. The van der Waals surface area contributed by atoms with Crippen molar-refractivity contribution in [2.24, 2.45) is 34.5 Å². The van der Waals surface area contributed by atoms with Crippen LogP contribution >= 0.6 is 15.9 Å². The number of carbonyl (C=O) groups is 3. The fourth-order valence-electron chi connectivity index (χ4n) is 6.95. The molecule has 4 aliphatic carbocycles. The van der Waals surface area contributed by atoms with Crippen molar-refractivity contribution in [2.45, 2.75) is 56.8 Å². The quantitative estimate of drug-likeness (QED) is 0.354. The van der Waals surface area contributed by atoms with E-state index >= 15 is 0 Å². The van der Waals surface area contributed by atoms with Gasteiger partial charge in [-0.15, -0.1) is 0 Å². The normalized spacial score (nSPS) is 54.7. The van der Waals surface area contributed by atoms with Crippen LogP contribution in [0.2, 0.25) is 0 Å². The van der Waals surface area contributed by atoms with E-state index in [9.17, 15) is 19.5 Å². The predicted molar refractivity (Wildman–Crippen MR) is 97.0 cm³/mol. The van der Waals surface area contributed by atoms with Crippen molar-refractivity contribution < 1.29 is 29.0 Å². The fourth-order valence-corrected chi connectivity index (χ4v) is 7.77. The van der Waals surface area contributed by atoms with E-state index < -0.39 is 45.9 Å². The number of alkyl halides is 1. The van der Waals surface area contributed by atoms with Crippen molar-refractivity contribution >= 4 is 33.7 Å². The van der Waals surface area contributed by atoms with Crippen LogP contribution < -0.4 is 0 Å². The van der Waals surface area contributed by atoms with Crippen LogP contribution in [0.3, 0.4) is 0 Å². The van der Waals surface area contributed by atoms with Gasteiger partial charge in [0, 0.05) is 5.92 Å². The zero-order valence-corrected chi connectivity index (χ0v) is 17.3. The van der Waals surface area contributed by atoms with Gasteiger partial charge in [0.15, 0.2) is 23.8 Å². The molecule has 5 rings (SSSR count). The predicted octanol–water partition coefficient (Wildman–Crippen LogP) is 2.41. The minimum atomic E-state index is -1.70. The first kappa shape index (κ1) is 17.9. The monoisotopic (exact) mass is 438 g/mol. The van der Waals surface area contributed by atoms with Gasteiger partial charge in [-0.3, -0.25) is 9.59 Å². The molecule has 27 heavy (non-hydrogen) atoms. The van der Waals surface area contributed by atoms with Crippen LogP contribution in [0.5, 0.6) is 0 Å². The zero-order valence-electron chi connectivity index (χ0n) is 15.7. The van der Waals surface area contributed by atoms with Gasteiger partial charge in [0.25, 0.3) is 0 Å². The number of rotatable bonds is 0. The number of fused-ring (bicyclic) bond motifs is 3. The van der Waals surface area contributed by atoms with E-state index in [0.29, 0.717) is 11.5 Å². The van der Waals surface area contributed by atoms with Gasteiger partial charge in [-0.25, -0.2) is 4.79 Å². The van der Waals surface area contributed by atoms with E-state index in [0.717, 1.165) is 6.42 Å². The molecular formula is C20H23BrO6. The molecule has 5 aliphatic rings. The molecule has 9 atom stereocenters. The Morgan fingerprint density at radius 1 is 1.26 bits per heavy atom. The Morgan fingerprint density at radius 2 is 1.93 bits per heavy atom. The van der Waals surface area contributed by atoms with Crippen molar-refractivity contribution in [1.29, 1.82) is 0 Å². The van der Waals surface area contributed by atoms with E-state index in [4.69, 9.17) is 9.47 Å². The first-order chi connectivity index (χ1) is 12.5. The maximum Gasteiger partial charge on any atom is 0.509 e. The Kier molecular flexibility index (Phi) is 3.21. The Morgan fingerprint density at radius 3 is 2.59 bits per heavy atom. The summed E-state index contributed by atoms with van der Waals surface area (Å²) in [6.07, 6.45) is -0.879. The van der Waals surface area contributed by atoms with E-state index in [2.05, 4.69) is 29.8 Å². The fraction of sp³-hybridized carbons (Fsp3) is 0.750. The number of aliphatic hydroxyl groups is 1. The molecule has 2 bridgehead atoms. The molecule has 0 aromatic carbocycles. The maximum absolute atomic E-state index is 14.1. The lowest BCUT2D eigenvalue weighted by Gasteiger charge is -2.45. The van der Waals surface area contributed by atoms with Crippen LogP contribution in [-0.2, 0) is 19.1 Å². The third-order valence-corrected chi connectivity index (χ3v) is 9.28. The van der Waals surface area contributed by atoms with Crippen LogP contribution in [0.25, 0.3) is 0 Å². The SMILES string of the molecule is CC1=C[C@]23C(=O)[C@H]([C@H]4[C@@H](C[C@H]2C)C4(C)C)[C@@H](Br)C(=O)[C@@H](O)[C@@]32OC(=O)O[C@@H]12. The van der Waals surface area contributed by atoms with Crippen LogP contribution in [0, 0.1) is 34.5 Å². The van der Waals surface area contributed by atoms with Gasteiger partial charge in [-0.2, -0.15) is 0 Å². The maximum atomic E-state index is 14.1. The molecule has 146 valence electrons.